The molecule has 1 aliphatic carbocycles. The minimum Gasteiger partial charge on any atom is -0.445 e. The van der Waals surface area contributed by atoms with Crippen molar-refractivity contribution in [3.63, 3.8) is 0 Å². The van der Waals surface area contributed by atoms with Crippen LogP contribution in [-0.2, 0) is 25.5 Å². The molecule has 0 bridgehead atoms. The van der Waals surface area contributed by atoms with Crippen LogP contribution in [0.25, 0.3) is 0 Å². The lowest BCUT2D eigenvalue weighted by molar-refractivity contribution is -0.173. The molecule has 1 fully saturated rings. The van der Waals surface area contributed by atoms with Gasteiger partial charge in [0.2, 0.25) is 5.60 Å². The van der Waals surface area contributed by atoms with E-state index in [1.165, 1.54) is 11.6 Å². The Balaban J connectivity index is 1.67. The molecule has 4 rings (SSSR count). The SMILES string of the molecule is CC1=C[C@@H]2CCOC/C=C/CC/C=C/C(=O)O[C@]23C(=O)N[C@@H](Cc2ccccc2)[C@@H]3C1. The molecule has 1 saturated heterocycles. The molecular weight excluding hydrogens is 390 g/mol. The molecule has 1 aromatic carbocycles. The van der Waals surface area contributed by atoms with Crippen LogP contribution in [0, 0.1) is 11.8 Å². The summed E-state index contributed by atoms with van der Waals surface area (Å²) >= 11 is 0. The lowest BCUT2D eigenvalue weighted by Gasteiger charge is -2.42. The molecule has 4 atom stereocenters. The van der Waals surface area contributed by atoms with Gasteiger partial charge in [-0.1, -0.05) is 60.2 Å². The van der Waals surface area contributed by atoms with Crippen LogP contribution < -0.4 is 5.32 Å². The number of hydrogen-bond acceptors (Lipinski definition) is 4. The zero-order chi connectivity index (χ0) is 21.7. The number of benzene rings is 1. The predicted molar refractivity (Wildman–Crippen MR) is 119 cm³/mol. The summed E-state index contributed by atoms with van der Waals surface area (Å²) in [5, 5.41) is 3.18. The van der Waals surface area contributed by atoms with Gasteiger partial charge in [-0.05, 0) is 44.6 Å². The number of carbonyl (C=O) groups excluding carboxylic acids is 2. The van der Waals surface area contributed by atoms with E-state index in [1.54, 1.807) is 0 Å². The molecule has 164 valence electrons. The van der Waals surface area contributed by atoms with Gasteiger partial charge in [0.25, 0.3) is 5.91 Å². The Bertz CT molecular complexity index is 888. The quantitative estimate of drug-likeness (QED) is 0.581. The van der Waals surface area contributed by atoms with Crippen molar-refractivity contribution < 1.29 is 19.1 Å². The second kappa shape index (κ2) is 9.65. The summed E-state index contributed by atoms with van der Waals surface area (Å²) in [4.78, 5) is 26.2. The van der Waals surface area contributed by atoms with Crippen molar-refractivity contribution in [1.82, 2.24) is 5.32 Å². The number of amides is 1. The van der Waals surface area contributed by atoms with Crippen molar-refractivity contribution in [2.45, 2.75) is 50.7 Å². The van der Waals surface area contributed by atoms with E-state index in [4.69, 9.17) is 9.47 Å². The monoisotopic (exact) mass is 421 g/mol. The number of carbonyl (C=O) groups is 2. The van der Waals surface area contributed by atoms with E-state index in [1.807, 2.05) is 30.4 Å². The first-order valence-corrected chi connectivity index (χ1v) is 11.2. The minimum atomic E-state index is -1.19. The number of nitrogens with one attached hydrogen (secondary N) is 1. The first-order chi connectivity index (χ1) is 15.1. The van der Waals surface area contributed by atoms with E-state index >= 15 is 0 Å². The third kappa shape index (κ3) is 4.67. The first-order valence-electron chi connectivity index (χ1n) is 11.2. The smallest absolute Gasteiger partial charge is 0.331 e. The van der Waals surface area contributed by atoms with Gasteiger partial charge < -0.3 is 14.8 Å². The highest BCUT2D eigenvalue weighted by Gasteiger charge is 2.62. The Labute approximate surface area is 184 Å². The molecule has 31 heavy (non-hydrogen) atoms. The zero-order valence-electron chi connectivity index (χ0n) is 18.1. The summed E-state index contributed by atoms with van der Waals surface area (Å²) in [6.45, 7) is 3.17. The van der Waals surface area contributed by atoms with Gasteiger partial charge in [-0.25, -0.2) is 4.79 Å². The van der Waals surface area contributed by atoms with Crippen molar-refractivity contribution in [2.24, 2.45) is 11.8 Å². The summed E-state index contributed by atoms with van der Waals surface area (Å²) in [5.74, 6) is -0.946. The fraction of sp³-hybridized carbons (Fsp3) is 0.462. The van der Waals surface area contributed by atoms with Crippen LogP contribution in [0.15, 0.2) is 66.3 Å². The molecule has 1 N–H and O–H groups in total. The highest BCUT2D eigenvalue weighted by atomic mass is 16.6. The third-order valence-electron chi connectivity index (χ3n) is 6.56. The molecule has 0 saturated carbocycles. The Hall–Kier alpha value is -2.66. The van der Waals surface area contributed by atoms with E-state index in [2.05, 4.69) is 36.5 Å². The molecule has 3 aliphatic rings. The van der Waals surface area contributed by atoms with Crippen LogP contribution in [0.2, 0.25) is 0 Å². The van der Waals surface area contributed by atoms with E-state index in [9.17, 15) is 9.59 Å². The van der Waals surface area contributed by atoms with Crippen molar-refractivity contribution in [1.29, 1.82) is 0 Å². The van der Waals surface area contributed by atoms with Crippen LogP contribution >= 0.6 is 0 Å². The zero-order valence-corrected chi connectivity index (χ0v) is 18.1. The van der Waals surface area contributed by atoms with Crippen LogP contribution in [0.5, 0.6) is 0 Å². The molecule has 2 aliphatic heterocycles. The van der Waals surface area contributed by atoms with Gasteiger partial charge >= 0.3 is 5.97 Å². The molecular formula is C26H31NO4. The molecule has 1 amide bonds. The average Bonchev–Trinajstić information content (AvgIpc) is 3.01. The summed E-state index contributed by atoms with van der Waals surface area (Å²) in [6.07, 6.45) is 13.1. The largest absolute Gasteiger partial charge is 0.445 e. The summed E-state index contributed by atoms with van der Waals surface area (Å²) < 4.78 is 11.9. The Morgan fingerprint density at radius 3 is 2.74 bits per heavy atom. The van der Waals surface area contributed by atoms with E-state index < -0.39 is 11.6 Å². The summed E-state index contributed by atoms with van der Waals surface area (Å²) in [5.41, 5.74) is 1.20. The van der Waals surface area contributed by atoms with Gasteiger partial charge in [0.15, 0.2) is 0 Å². The van der Waals surface area contributed by atoms with Crippen molar-refractivity contribution in [3.05, 3.63) is 71.8 Å². The number of hydrogen-bond donors (Lipinski definition) is 1. The number of allylic oxidation sites excluding steroid dienone is 3. The number of rotatable bonds is 2. The number of esters is 1. The maximum Gasteiger partial charge on any atom is 0.331 e. The standard InChI is InChI=1S/C26H31NO4/c1-19-16-21-13-15-30-14-9-4-2-3-8-12-24(28)31-26(21)22(17-19)23(27-25(26)29)18-20-10-6-5-7-11-20/h4-12,16,21-23H,2-3,13-15,17-18H2,1H3,(H,27,29)/b9-4+,12-8+/t21-,22-,23-,26+/m0/s1. The minimum absolute atomic E-state index is 0.0828. The van der Waals surface area contributed by atoms with E-state index in [0.29, 0.717) is 26.1 Å². The van der Waals surface area contributed by atoms with E-state index in [0.717, 1.165) is 24.8 Å². The third-order valence-corrected chi connectivity index (χ3v) is 6.56. The predicted octanol–water partition coefficient (Wildman–Crippen LogP) is 3.90. The molecule has 2 heterocycles. The van der Waals surface area contributed by atoms with E-state index in [-0.39, 0.29) is 23.8 Å². The second-order valence-electron chi connectivity index (χ2n) is 8.73. The van der Waals surface area contributed by atoms with Gasteiger partial charge in [0, 0.05) is 30.6 Å². The fourth-order valence-corrected chi connectivity index (χ4v) is 5.15. The highest BCUT2D eigenvalue weighted by molar-refractivity contribution is 5.94. The lowest BCUT2D eigenvalue weighted by atomic mass is 9.67. The molecule has 0 aromatic heterocycles. The van der Waals surface area contributed by atoms with Crippen molar-refractivity contribution in [2.75, 3.05) is 13.2 Å². The topological polar surface area (TPSA) is 64.6 Å². The molecule has 5 nitrogen and oxygen atoms in total. The molecule has 5 heteroatoms. The molecule has 1 aromatic rings. The maximum absolute atomic E-state index is 13.5. The van der Waals surface area contributed by atoms with Gasteiger partial charge in [-0.15, -0.1) is 0 Å². The number of ether oxygens (including phenoxy) is 2. The fourth-order valence-electron chi connectivity index (χ4n) is 5.15. The lowest BCUT2D eigenvalue weighted by Crippen LogP contribution is -2.54. The first kappa shape index (κ1) is 21.6. The van der Waals surface area contributed by atoms with Crippen molar-refractivity contribution in [3.8, 4) is 0 Å². The molecule has 1 spiro atoms. The van der Waals surface area contributed by atoms with Gasteiger partial charge in [0.1, 0.15) is 0 Å². The van der Waals surface area contributed by atoms with Crippen LogP contribution in [0.3, 0.4) is 0 Å². The van der Waals surface area contributed by atoms with Crippen molar-refractivity contribution >= 4 is 11.9 Å². The molecule has 0 radical (unpaired) electrons. The molecule has 0 unspecified atom stereocenters. The van der Waals surface area contributed by atoms with Crippen LogP contribution in [0.1, 0.15) is 38.2 Å². The Kier molecular flexibility index (Phi) is 6.71. The summed E-state index contributed by atoms with van der Waals surface area (Å²) in [7, 11) is 0. The Morgan fingerprint density at radius 2 is 1.90 bits per heavy atom. The Morgan fingerprint density at radius 1 is 1.10 bits per heavy atom. The second-order valence-corrected chi connectivity index (χ2v) is 8.73. The van der Waals surface area contributed by atoms with Gasteiger partial charge in [-0.2, -0.15) is 0 Å². The normalized spacial score (nSPS) is 33.7. The van der Waals surface area contributed by atoms with Gasteiger partial charge in [-0.3, -0.25) is 4.79 Å². The summed E-state index contributed by atoms with van der Waals surface area (Å²) in [6, 6.07) is 10.1. The average molecular weight is 422 g/mol. The van der Waals surface area contributed by atoms with Crippen LogP contribution in [0.4, 0.5) is 0 Å². The highest BCUT2D eigenvalue weighted by Crippen LogP contribution is 2.48. The maximum atomic E-state index is 13.5. The van der Waals surface area contributed by atoms with Gasteiger partial charge in [0.05, 0.1) is 6.61 Å². The van der Waals surface area contributed by atoms with Crippen LogP contribution in [-0.4, -0.2) is 36.7 Å².